The zero-order valence-electron chi connectivity index (χ0n) is 14.5. The fraction of sp³-hybridized carbons (Fsp3) is 0.667. The maximum Gasteiger partial charge on any atom is 0.123 e. The van der Waals surface area contributed by atoms with Gasteiger partial charge in [-0.2, -0.15) is 0 Å². The van der Waals surface area contributed by atoms with Crippen LogP contribution in [0, 0.1) is 11.2 Å². The highest BCUT2D eigenvalue weighted by Crippen LogP contribution is 2.27. The van der Waals surface area contributed by atoms with Gasteiger partial charge in [-0.05, 0) is 56.9 Å². The van der Waals surface area contributed by atoms with Crippen LogP contribution < -0.4 is 10.2 Å². The summed E-state index contributed by atoms with van der Waals surface area (Å²) in [6, 6.07) is 6.74. The SMILES string of the molecule is CCCC(C)(CNC(C)(C)C)CN(C)c1ccc(F)cc1. The fourth-order valence-corrected chi connectivity index (χ4v) is 2.66. The van der Waals surface area contributed by atoms with E-state index in [1.165, 1.54) is 25.0 Å². The molecule has 1 atom stereocenters. The van der Waals surface area contributed by atoms with Gasteiger partial charge in [0.15, 0.2) is 0 Å². The second kappa shape index (κ2) is 7.26. The van der Waals surface area contributed by atoms with Crippen LogP contribution in [0.2, 0.25) is 0 Å². The summed E-state index contributed by atoms with van der Waals surface area (Å²) < 4.78 is 13.0. The van der Waals surface area contributed by atoms with Crippen molar-refractivity contribution in [3.05, 3.63) is 30.1 Å². The molecule has 0 saturated carbocycles. The first-order valence-corrected chi connectivity index (χ1v) is 7.87. The first-order valence-electron chi connectivity index (χ1n) is 7.87. The average Bonchev–Trinajstić information content (AvgIpc) is 2.37. The largest absolute Gasteiger partial charge is 0.374 e. The molecule has 0 radical (unpaired) electrons. The quantitative estimate of drug-likeness (QED) is 0.799. The molecule has 0 aromatic heterocycles. The lowest BCUT2D eigenvalue weighted by atomic mass is 9.84. The molecule has 0 aliphatic rings. The maximum atomic E-state index is 13.0. The summed E-state index contributed by atoms with van der Waals surface area (Å²) in [4.78, 5) is 2.22. The minimum atomic E-state index is -0.183. The Morgan fingerprint density at radius 1 is 1.10 bits per heavy atom. The number of nitrogens with one attached hydrogen (secondary N) is 1. The molecule has 0 spiro atoms. The van der Waals surface area contributed by atoms with Gasteiger partial charge in [0, 0.05) is 31.4 Å². The van der Waals surface area contributed by atoms with Crippen LogP contribution in [0.25, 0.3) is 0 Å². The number of halogens is 1. The molecule has 2 nitrogen and oxygen atoms in total. The molecule has 0 aliphatic heterocycles. The molecule has 0 aliphatic carbocycles. The molecule has 1 rings (SSSR count). The van der Waals surface area contributed by atoms with Crippen molar-refractivity contribution in [3.8, 4) is 0 Å². The van der Waals surface area contributed by atoms with Crippen LogP contribution in [-0.4, -0.2) is 25.7 Å². The molecule has 3 heteroatoms. The maximum absolute atomic E-state index is 13.0. The molecule has 0 heterocycles. The second-order valence-electron chi connectivity index (χ2n) is 7.50. The molecule has 0 amide bonds. The monoisotopic (exact) mass is 294 g/mol. The van der Waals surface area contributed by atoms with E-state index in [0.717, 1.165) is 18.8 Å². The molecule has 1 aromatic carbocycles. The lowest BCUT2D eigenvalue weighted by Gasteiger charge is -2.37. The first-order chi connectivity index (χ1) is 9.65. The van der Waals surface area contributed by atoms with Crippen molar-refractivity contribution in [1.29, 1.82) is 0 Å². The topological polar surface area (TPSA) is 15.3 Å². The Bertz CT molecular complexity index is 422. The van der Waals surface area contributed by atoms with Gasteiger partial charge in [0.2, 0.25) is 0 Å². The Morgan fingerprint density at radius 3 is 2.14 bits per heavy atom. The Labute approximate surface area is 129 Å². The van der Waals surface area contributed by atoms with E-state index in [2.05, 4.69) is 51.9 Å². The fourth-order valence-electron chi connectivity index (χ4n) is 2.66. The molecule has 120 valence electrons. The molecule has 0 fully saturated rings. The summed E-state index contributed by atoms with van der Waals surface area (Å²) in [5.74, 6) is -0.183. The molecule has 1 aromatic rings. The predicted octanol–water partition coefficient (Wildman–Crippen LogP) is 4.46. The van der Waals surface area contributed by atoms with Crippen molar-refractivity contribution in [1.82, 2.24) is 5.32 Å². The Morgan fingerprint density at radius 2 is 1.67 bits per heavy atom. The second-order valence-corrected chi connectivity index (χ2v) is 7.50. The third-order valence-corrected chi connectivity index (χ3v) is 3.79. The Kier molecular flexibility index (Phi) is 6.21. The van der Waals surface area contributed by atoms with Crippen LogP contribution in [0.4, 0.5) is 10.1 Å². The molecular weight excluding hydrogens is 263 g/mol. The number of rotatable bonds is 7. The lowest BCUT2D eigenvalue weighted by Crippen LogP contribution is -2.47. The highest BCUT2D eigenvalue weighted by molar-refractivity contribution is 5.45. The molecule has 21 heavy (non-hydrogen) atoms. The van der Waals surface area contributed by atoms with Crippen molar-refractivity contribution in [2.24, 2.45) is 5.41 Å². The van der Waals surface area contributed by atoms with Crippen LogP contribution in [0.3, 0.4) is 0 Å². The van der Waals surface area contributed by atoms with E-state index in [1.807, 2.05) is 12.1 Å². The van der Waals surface area contributed by atoms with E-state index in [-0.39, 0.29) is 16.8 Å². The standard InChI is InChI=1S/C18H31FN2/c1-7-12-18(5,13-20-17(2,3)4)14-21(6)16-10-8-15(19)9-11-16/h8-11,20H,7,12-14H2,1-6H3. The van der Waals surface area contributed by atoms with Gasteiger partial charge in [0.05, 0.1) is 0 Å². The normalized spacial score (nSPS) is 14.8. The van der Waals surface area contributed by atoms with E-state index in [0.29, 0.717) is 0 Å². The van der Waals surface area contributed by atoms with Gasteiger partial charge in [0.1, 0.15) is 5.82 Å². The summed E-state index contributed by atoms with van der Waals surface area (Å²) in [5.41, 5.74) is 1.39. The highest BCUT2D eigenvalue weighted by atomic mass is 19.1. The van der Waals surface area contributed by atoms with Crippen LogP contribution in [0.5, 0.6) is 0 Å². The number of hydrogen-bond donors (Lipinski definition) is 1. The Balaban J connectivity index is 2.74. The predicted molar refractivity (Wildman–Crippen MR) is 90.4 cm³/mol. The van der Waals surface area contributed by atoms with Gasteiger partial charge in [-0.3, -0.25) is 0 Å². The lowest BCUT2D eigenvalue weighted by molar-refractivity contribution is 0.251. The van der Waals surface area contributed by atoms with E-state index in [9.17, 15) is 4.39 Å². The van der Waals surface area contributed by atoms with E-state index in [4.69, 9.17) is 0 Å². The molecule has 1 unspecified atom stereocenters. The molecular formula is C18H31FN2. The third kappa shape index (κ3) is 6.47. The van der Waals surface area contributed by atoms with Crippen LogP contribution in [-0.2, 0) is 0 Å². The minimum absolute atomic E-state index is 0.128. The number of benzene rings is 1. The number of anilines is 1. The van der Waals surface area contributed by atoms with E-state index < -0.39 is 0 Å². The van der Waals surface area contributed by atoms with Gasteiger partial charge < -0.3 is 10.2 Å². The molecule has 0 bridgehead atoms. The highest BCUT2D eigenvalue weighted by Gasteiger charge is 2.27. The minimum Gasteiger partial charge on any atom is -0.374 e. The third-order valence-electron chi connectivity index (χ3n) is 3.79. The summed E-state index contributed by atoms with van der Waals surface area (Å²) in [5, 5.41) is 3.63. The van der Waals surface area contributed by atoms with Crippen molar-refractivity contribution in [2.45, 2.75) is 53.0 Å². The number of hydrogen-bond acceptors (Lipinski definition) is 2. The van der Waals surface area contributed by atoms with Crippen LogP contribution in [0.15, 0.2) is 24.3 Å². The van der Waals surface area contributed by atoms with Crippen molar-refractivity contribution in [3.63, 3.8) is 0 Å². The molecule has 0 saturated heterocycles. The van der Waals surface area contributed by atoms with Gasteiger partial charge in [-0.1, -0.05) is 20.3 Å². The van der Waals surface area contributed by atoms with Crippen LogP contribution >= 0.6 is 0 Å². The summed E-state index contributed by atoms with van der Waals surface area (Å²) in [6.07, 6.45) is 2.33. The number of nitrogens with zero attached hydrogens (tertiary/aromatic N) is 1. The van der Waals surface area contributed by atoms with Crippen molar-refractivity contribution < 1.29 is 4.39 Å². The van der Waals surface area contributed by atoms with Gasteiger partial charge in [0.25, 0.3) is 0 Å². The smallest absolute Gasteiger partial charge is 0.123 e. The summed E-state index contributed by atoms with van der Waals surface area (Å²) in [7, 11) is 2.08. The zero-order valence-corrected chi connectivity index (χ0v) is 14.5. The van der Waals surface area contributed by atoms with E-state index in [1.54, 1.807) is 0 Å². The molecule has 1 N–H and O–H groups in total. The summed E-state index contributed by atoms with van der Waals surface area (Å²) >= 11 is 0. The van der Waals surface area contributed by atoms with Gasteiger partial charge in [-0.25, -0.2) is 4.39 Å². The zero-order chi connectivity index (χ0) is 16.1. The average molecular weight is 294 g/mol. The van der Waals surface area contributed by atoms with Crippen molar-refractivity contribution in [2.75, 3.05) is 25.0 Å². The first kappa shape index (κ1) is 18.0. The van der Waals surface area contributed by atoms with Crippen LogP contribution in [0.1, 0.15) is 47.5 Å². The summed E-state index contributed by atoms with van der Waals surface area (Å²) in [6.45, 7) is 13.1. The van der Waals surface area contributed by atoms with E-state index >= 15 is 0 Å². The van der Waals surface area contributed by atoms with Gasteiger partial charge >= 0.3 is 0 Å². The van der Waals surface area contributed by atoms with Gasteiger partial charge in [-0.15, -0.1) is 0 Å². The van der Waals surface area contributed by atoms with Crippen molar-refractivity contribution >= 4 is 5.69 Å². The Hall–Kier alpha value is -1.09.